The molecule has 0 atom stereocenters. The first-order valence-electron chi connectivity index (χ1n) is 8.66. The molecule has 1 amide bonds. The fourth-order valence-corrected chi connectivity index (χ4v) is 3.99. The lowest BCUT2D eigenvalue weighted by Gasteiger charge is -2.05. The van der Waals surface area contributed by atoms with Gasteiger partial charge in [0.1, 0.15) is 0 Å². The number of carbonyl (C=O) groups excluding carboxylic acids is 1. The summed E-state index contributed by atoms with van der Waals surface area (Å²) in [6, 6.07) is 15.5. The predicted molar refractivity (Wildman–Crippen MR) is 112 cm³/mol. The van der Waals surface area contributed by atoms with Gasteiger partial charge in [-0.25, -0.2) is 4.98 Å². The Morgan fingerprint density at radius 1 is 1.22 bits per heavy atom. The van der Waals surface area contributed by atoms with Gasteiger partial charge in [-0.15, -0.1) is 11.3 Å². The molecule has 6 heteroatoms. The second-order valence-corrected chi connectivity index (χ2v) is 7.70. The quantitative estimate of drug-likeness (QED) is 0.478. The molecule has 0 spiro atoms. The standard InChI is InChI=1S/C21H18ClN3OS/c1-14-3-2-4-17(11-14)23-20(26)10-9-18-13-27-21-24-19(12-25(18)21)15-5-7-16(22)8-6-15/h2-8,11-13H,9-10H2,1H3,(H,23,26). The summed E-state index contributed by atoms with van der Waals surface area (Å²) in [5.74, 6) is 0.0120. The van der Waals surface area contributed by atoms with Gasteiger partial charge < -0.3 is 5.32 Å². The zero-order chi connectivity index (χ0) is 18.8. The molecule has 0 bridgehead atoms. The highest BCUT2D eigenvalue weighted by Crippen LogP contribution is 2.25. The Morgan fingerprint density at radius 3 is 2.81 bits per heavy atom. The van der Waals surface area contributed by atoms with Gasteiger partial charge in [-0.05, 0) is 43.2 Å². The average Bonchev–Trinajstić information content (AvgIpc) is 3.22. The van der Waals surface area contributed by atoms with Gasteiger partial charge in [0.15, 0.2) is 4.96 Å². The summed E-state index contributed by atoms with van der Waals surface area (Å²) < 4.78 is 2.06. The number of imidazole rings is 1. The molecular weight excluding hydrogens is 378 g/mol. The molecule has 0 aliphatic heterocycles. The van der Waals surface area contributed by atoms with Crippen molar-refractivity contribution >= 4 is 39.5 Å². The number of amides is 1. The van der Waals surface area contributed by atoms with E-state index >= 15 is 0 Å². The molecule has 0 radical (unpaired) electrons. The minimum atomic E-state index is 0.0120. The summed E-state index contributed by atoms with van der Waals surface area (Å²) in [4.78, 5) is 17.9. The molecule has 0 saturated heterocycles. The second kappa shape index (κ2) is 7.55. The molecule has 4 aromatic rings. The normalized spacial score (nSPS) is 11.0. The van der Waals surface area contributed by atoms with Gasteiger partial charge in [-0.3, -0.25) is 9.20 Å². The van der Waals surface area contributed by atoms with Crippen molar-refractivity contribution in [3.63, 3.8) is 0 Å². The second-order valence-electron chi connectivity index (χ2n) is 6.43. The van der Waals surface area contributed by atoms with Crippen LogP contribution in [0.25, 0.3) is 16.2 Å². The van der Waals surface area contributed by atoms with E-state index in [4.69, 9.17) is 11.6 Å². The molecule has 4 rings (SSSR count). The molecule has 27 heavy (non-hydrogen) atoms. The number of anilines is 1. The van der Waals surface area contributed by atoms with Crippen LogP contribution >= 0.6 is 22.9 Å². The van der Waals surface area contributed by atoms with Gasteiger partial charge in [0, 0.05) is 40.0 Å². The molecule has 0 saturated carbocycles. The van der Waals surface area contributed by atoms with E-state index in [1.165, 1.54) is 0 Å². The predicted octanol–water partition coefficient (Wildman–Crippen LogP) is 5.60. The Bertz CT molecular complexity index is 1100. The lowest BCUT2D eigenvalue weighted by Crippen LogP contribution is -2.12. The number of hydrogen-bond acceptors (Lipinski definition) is 3. The number of aryl methyl sites for hydroxylation is 2. The van der Waals surface area contributed by atoms with Crippen LogP contribution in [0.15, 0.2) is 60.1 Å². The van der Waals surface area contributed by atoms with Crippen LogP contribution in [0, 0.1) is 6.92 Å². The van der Waals surface area contributed by atoms with Crippen molar-refractivity contribution in [3.8, 4) is 11.3 Å². The van der Waals surface area contributed by atoms with E-state index in [9.17, 15) is 4.79 Å². The number of fused-ring (bicyclic) bond motifs is 1. The van der Waals surface area contributed by atoms with Crippen LogP contribution in [0.1, 0.15) is 17.7 Å². The van der Waals surface area contributed by atoms with Crippen LogP contribution in [-0.4, -0.2) is 15.3 Å². The van der Waals surface area contributed by atoms with Crippen LogP contribution in [0.3, 0.4) is 0 Å². The summed E-state index contributed by atoms with van der Waals surface area (Å²) in [6.45, 7) is 2.01. The van der Waals surface area contributed by atoms with Crippen LogP contribution in [0.4, 0.5) is 5.69 Å². The molecule has 0 aliphatic rings. The van der Waals surface area contributed by atoms with Gasteiger partial charge in [0.2, 0.25) is 5.91 Å². The summed E-state index contributed by atoms with van der Waals surface area (Å²) in [5.41, 5.74) is 4.98. The maximum Gasteiger partial charge on any atom is 0.224 e. The van der Waals surface area contributed by atoms with E-state index in [1.807, 2.05) is 61.7 Å². The summed E-state index contributed by atoms with van der Waals surface area (Å²) in [7, 11) is 0. The van der Waals surface area contributed by atoms with Gasteiger partial charge in [-0.1, -0.05) is 35.9 Å². The smallest absolute Gasteiger partial charge is 0.224 e. The van der Waals surface area contributed by atoms with Crippen molar-refractivity contribution in [1.29, 1.82) is 0 Å². The molecule has 0 unspecified atom stereocenters. The Balaban J connectivity index is 1.46. The third kappa shape index (κ3) is 4.04. The minimum Gasteiger partial charge on any atom is -0.326 e. The first kappa shape index (κ1) is 17.8. The van der Waals surface area contributed by atoms with Gasteiger partial charge in [0.25, 0.3) is 0 Å². The fraction of sp³-hybridized carbons (Fsp3) is 0.143. The minimum absolute atomic E-state index is 0.0120. The molecule has 136 valence electrons. The van der Waals surface area contributed by atoms with E-state index in [1.54, 1.807) is 11.3 Å². The third-order valence-electron chi connectivity index (χ3n) is 4.33. The van der Waals surface area contributed by atoms with E-state index < -0.39 is 0 Å². The molecule has 2 aromatic heterocycles. The monoisotopic (exact) mass is 395 g/mol. The molecule has 1 N–H and O–H groups in total. The summed E-state index contributed by atoms with van der Waals surface area (Å²) in [6.07, 6.45) is 3.10. The largest absolute Gasteiger partial charge is 0.326 e. The maximum absolute atomic E-state index is 12.3. The molecule has 0 aliphatic carbocycles. The number of rotatable bonds is 5. The van der Waals surface area contributed by atoms with Gasteiger partial charge in [-0.2, -0.15) is 0 Å². The molecule has 2 aromatic carbocycles. The Kier molecular flexibility index (Phi) is 4.97. The highest BCUT2D eigenvalue weighted by molar-refractivity contribution is 7.15. The summed E-state index contributed by atoms with van der Waals surface area (Å²) in [5, 5.41) is 5.73. The van der Waals surface area contributed by atoms with E-state index in [2.05, 4.69) is 20.1 Å². The number of benzene rings is 2. The van der Waals surface area contributed by atoms with Crippen LogP contribution in [0.2, 0.25) is 5.02 Å². The molecular formula is C21H18ClN3OS. The number of aromatic nitrogens is 2. The van der Waals surface area contributed by atoms with Crippen molar-refractivity contribution in [1.82, 2.24) is 9.38 Å². The molecule has 2 heterocycles. The first-order valence-corrected chi connectivity index (χ1v) is 9.92. The maximum atomic E-state index is 12.3. The highest BCUT2D eigenvalue weighted by atomic mass is 35.5. The van der Waals surface area contributed by atoms with Crippen molar-refractivity contribution in [3.05, 3.63) is 76.4 Å². The number of halogens is 1. The van der Waals surface area contributed by atoms with Crippen molar-refractivity contribution in [2.75, 3.05) is 5.32 Å². The van der Waals surface area contributed by atoms with Crippen LogP contribution < -0.4 is 5.32 Å². The van der Waals surface area contributed by atoms with Gasteiger partial charge >= 0.3 is 0 Å². The van der Waals surface area contributed by atoms with Crippen molar-refractivity contribution < 1.29 is 4.79 Å². The zero-order valence-electron chi connectivity index (χ0n) is 14.8. The van der Waals surface area contributed by atoms with Crippen molar-refractivity contribution in [2.45, 2.75) is 19.8 Å². The van der Waals surface area contributed by atoms with Crippen LogP contribution in [-0.2, 0) is 11.2 Å². The molecule has 4 nitrogen and oxygen atoms in total. The highest BCUT2D eigenvalue weighted by Gasteiger charge is 2.11. The van der Waals surface area contributed by atoms with E-state index in [-0.39, 0.29) is 5.91 Å². The average molecular weight is 396 g/mol. The number of nitrogens with zero attached hydrogens (tertiary/aromatic N) is 2. The lowest BCUT2D eigenvalue weighted by molar-refractivity contribution is -0.116. The number of carbonyl (C=O) groups is 1. The number of nitrogens with one attached hydrogen (secondary N) is 1. The van der Waals surface area contributed by atoms with E-state index in [0.29, 0.717) is 17.9 Å². The first-order chi connectivity index (χ1) is 13.1. The van der Waals surface area contributed by atoms with Crippen molar-refractivity contribution in [2.24, 2.45) is 0 Å². The third-order valence-corrected chi connectivity index (χ3v) is 5.47. The Labute approximate surface area is 166 Å². The summed E-state index contributed by atoms with van der Waals surface area (Å²) >= 11 is 7.54. The van der Waals surface area contributed by atoms with E-state index in [0.717, 1.165) is 33.2 Å². The number of thiazole rings is 1. The van der Waals surface area contributed by atoms with Gasteiger partial charge in [0.05, 0.1) is 5.69 Å². The van der Waals surface area contributed by atoms with Crippen LogP contribution in [0.5, 0.6) is 0 Å². The Morgan fingerprint density at radius 2 is 2.04 bits per heavy atom. The lowest BCUT2D eigenvalue weighted by atomic mass is 10.2. The molecule has 0 fully saturated rings. The SMILES string of the molecule is Cc1cccc(NC(=O)CCc2csc3nc(-c4ccc(Cl)cc4)cn23)c1. The fourth-order valence-electron chi connectivity index (χ4n) is 2.96. The Hall–Kier alpha value is -2.63. The topological polar surface area (TPSA) is 46.4 Å². The zero-order valence-corrected chi connectivity index (χ0v) is 16.3. The number of hydrogen-bond donors (Lipinski definition) is 1.